The van der Waals surface area contributed by atoms with Gasteiger partial charge in [0.15, 0.2) is 0 Å². The van der Waals surface area contributed by atoms with Crippen LogP contribution in [-0.2, 0) is 0 Å². The first-order valence-electron chi connectivity index (χ1n) is 7.78. The van der Waals surface area contributed by atoms with Gasteiger partial charge >= 0.3 is 0 Å². The number of aliphatic hydroxyl groups excluding tert-OH is 1. The Labute approximate surface area is 134 Å². The Hall–Kier alpha value is -2.11. The summed E-state index contributed by atoms with van der Waals surface area (Å²) in [6.45, 7) is 1.74. The Balaban J connectivity index is 1.75. The Morgan fingerprint density at radius 1 is 1.17 bits per heavy atom. The standard InChI is InChI=1S/C18H21FN2O2/c1-12(9-19)20-10-13(22)11-23-17-8-4-7-16-18(17)14-5-2-3-6-15(14)21-16/h2-8,12-13,20-22H,9-11H2,1H3/t12-,13+/m1/s1/i19-1. The number of aromatic nitrogens is 1. The molecule has 0 saturated carbocycles. The maximum absolute atomic E-state index is 12.4. The zero-order chi connectivity index (χ0) is 16.2. The lowest BCUT2D eigenvalue weighted by Gasteiger charge is -2.16. The number of nitrogens with one attached hydrogen (secondary N) is 2. The maximum atomic E-state index is 12.4. The lowest BCUT2D eigenvalue weighted by Crippen LogP contribution is -2.37. The first-order chi connectivity index (χ1) is 11.2. The van der Waals surface area contributed by atoms with Gasteiger partial charge in [-0.1, -0.05) is 24.3 Å². The molecule has 1 aromatic heterocycles. The van der Waals surface area contributed by atoms with Crippen molar-refractivity contribution in [3.05, 3.63) is 42.5 Å². The van der Waals surface area contributed by atoms with Crippen molar-refractivity contribution in [2.75, 3.05) is 19.8 Å². The molecular weight excluding hydrogens is 294 g/mol. The molecule has 122 valence electrons. The van der Waals surface area contributed by atoms with Crippen LogP contribution in [0.25, 0.3) is 21.8 Å². The average molecular weight is 315 g/mol. The minimum absolute atomic E-state index is 0.157. The van der Waals surface area contributed by atoms with Crippen LogP contribution in [0, 0.1) is 0 Å². The van der Waals surface area contributed by atoms with Gasteiger partial charge in [0.2, 0.25) is 0 Å². The summed E-state index contributed by atoms with van der Waals surface area (Å²) >= 11 is 0. The second-order valence-corrected chi connectivity index (χ2v) is 5.78. The Morgan fingerprint density at radius 3 is 2.78 bits per heavy atom. The largest absolute Gasteiger partial charge is 0.490 e. The quantitative estimate of drug-likeness (QED) is 0.628. The van der Waals surface area contributed by atoms with Crippen molar-refractivity contribution >= 4 is 21.8 Å². The van der Waals surface area contributed by atoms with Crippen molar-refractivity contribution in [2.24, 2.45) is 0 Å². The zero-order valence-corrected chi connectivity index (χ0v) is 13.1. The van der Waals surface area contributed by atoms with E-state index in [4.69, 9.17) is 4.74 Å². The minimum atomic E-state index is -0.690. The number of hydrogen-bond acceptors (Lipinski definition) is 3. The second kappa shape index (κ2) is 6.98. The molecule has 0 unspecified atom stereocenters. The SMILES string of the molecule is C[C@H](C[18F])NC[C@H](O)COc1cccc2[nH]c3ccccc3c12. The predicted octanol–water partition coefficient (Wildman–Crippen LogP) is 3.01. The molecule has 3 rings (SSSR count). The molecule has 0 amide bonds. The topological polar surface area (TPSA) is 57.3 Å². The van der Waals surface area contributed by atoms with Crippen LogP contribution in [0.15, 0.2) is 42.5 Å². The number of aromatic amines is 1. The molecule has 0 aliphatic rings. The highest BCUT2D eigenvalue weighted by atomic mass is 18.2. The van der Waals surface area contributed by atoms with Crippen molar-refractivity contribution in [2.45, 2.75) is 19.1 Å². The average Bonchev–Trinajstić information content (AvgIpc) is 2.96. The fourth-order valence-electron chi connectivity index (χ4n) is 2.63. The summed E-state index contributed by atoms with van der Waals surface area (Å²) in [6, 6.07) is 13.6. The van der Waals surface area contributed by atoms with E-state index in [-0.39, 0.29) is 12.6 Å². The fourth-order valence-corrected chi connectivity index (χ4v) is 2.63. The summed E-state index contributed by atoms with van der Waals surface area (Å²) in [4.78, 5) is 3.36. The second-order valence-electron chi connectivity index (χ2n) is 5.78. The van der Waals surface area contributed by atoms with Gasteiger partial charge in [-0.2, -0.15) is 0 Å². The normalized spacial score (nSPS) is 14.2. The molecule has 0 spiro atoms. The summed E-state index contributed by atoms with van der Waals surface area (Å²) in [7, 11) is 0. The molecule has 1 heterocycles. The van der Waals surface area contributed by atoms with Crippen molar-refractivity contribution in [1.29, 1.82) is 0 Å². The highest BCUT2D eigenvalue weighted by Crippen LogP contribution is 2.32. The number of para-hydroxylation sites is 1. The van der Waals surface area contributed by atoms with Crippen LogP contribution >= 0.6 is 0 Å². The number of alkyl halides is 1. The van der Waals surface area contributed by atoms with Gasteiger partial charge in [0, 0.05) is 28.9 Å². The highest BCUT2D eigenvalue weighted by molar-refractivity contribution is 6.10. The van der Waals surface area contributed by atoms with Crippen LogP contribution in [0.5, 0.6) is 5.75 Å². The number of hydrogen-bond donors (Lipinski definition) is 3. The van der Waals surface area contributed by atoms with Crippen LogP contribution in [-0.4, -0.2) is 42.1 Å². The molecule has 4 nitrogen and oxygen atoms in total. The number of fused-ring (bicyclic) bond motifs is 3. The van der Waals surface area contributed by atoms with Gasteiger partial charge in [-0.3, -0.25) is 0 Å². The molecule has 2 aromatic carbocycles. The molecular formula is C18H21FN2O2. The monoisotopic (exact) mass is 315 g/mol. The molecule has 0 saturated heterocycles. The van der Waals surface area contributed by atoms with E-state index in [1.54, 1.807) is 6.92 Å². The van der Waals surface area contributed by atoms with E-state index in [1.807, 2.05) is 42.5 Å². The number of rotatable bonds is 7. The summed E-state index contributed by atoms with van der Waals surface area (Å²) in [5.41, 5.74) is 2.06. The van der Waals surface area contributed by atoms with E-state index in [2.05, 4.69) is 10.3 Å². The van der Waals surface area contributed by atoms with E-state index in [0.29, 0.717) is 6.54 Å². The van der Waals surface area contributed by atoms with Crippen LogP contribution in [0.1, 0.15) is 6.92 Å². The van der Waals surface area contributed by atoms with Crippen LogP contribution in [0.4, 0.5) is 4.39 Å². The smallest absolute Gasteiger partial charge is 0.129 e. The van der Waals surface area contributed by atoms with Gasteiger partial charge < -0.3 is 20.1 Å². The van der Waals surface area contributed by atoms with Crippen molar-refractivity contribution in [3.63, 3.8) is 0 Å². The third-order valence-electron chi connectivity index (χ3n) is 3.86. The van der Waals surface area contributed by atoms with Gasteiger partial charge in [0.05, 0.1) is 5.52 Å². The molecule has 0 aliphatic carbocycles. The van der Waals surface area contributed by atoms with E-state index in [0.717, 1.165) is 27.6 Å². The van der Waals surface area contributed by atoms with Crippen LogP contribution < -0.4 is 10.1 Å². The zero-order valence-electron chi connectivity index (χ0n) is 13.1. The number of ether oxygens (including phenoxy) is 1. The van der Waals surface area contributed by atoms with Gasteiger partial charge in [-0.25, -0.2) is 4.39 Å². The van der Waals surface area contributed by atoms with Crippen molar-refractivity contribution in [3.8, 4) is 5.75 Å². The number of benzene rings is 2. The van der Waals surface area contributed by atoms with Gasteiger partial charge in [0.25, 0.3) is 0 Å². The molecule has 0 bridgehead atoms. The van der Waals surface area contributed by atoms with E-state index in [1.165, 1.54) is 0 Å². The summed E-state index contributed by atoms with van der Waals surface area (Å²) < 4.78 is 18.2. The Bertz CT molecular complexity index is 787. The van der Waals surface area contributed by atoms with Gasteiger partial charge in [-0.15, -0.1) is 0 Å². The molecule has 3 N–H and O–H groups in total. The molecule has 2 atom stereocenters. The van der Waals surface area contributed by atoms with E-state index >= 15 is 0 Å². The lowest BCUT2D eigenvalue weighted by molar-refractivity contribution is 0.104. The highest BCUT2D eigenvalue weighted by Gasteiger charge is 2.12. The van der Waals surface area contributed by atoms with Crippen molar-refractivity contribution < 1.29 is 14.2 Å². The molecule has 0 fully saturated rings. The molecule has 23 heavy (non-hydrogen) atoms. The van der Waals surface area contributed by atoms with Gasteiger partial charge in [0.1, 0.15) is 25.1 Å². The lowest BCUT2D eigenvalue weighted by atomic mass is 10.1. The Kier molecular flexibility index (Phi) is 4.79. The molecule has 0 aliphatic heterocycles. The van der Waals surface area contributed by atoms with E-state index in [9.17, 15) is 9.50 Å². The first kappa shape index (κ1) is 15.8. The summed E-state index contributed by atoms with van der Waals surface area (Å²) in [5.74, 6) is 0.734. The fraction of sp³-hybridized carbons (Fsp3) is 0.333. The Morgan fingerprint density at radius 2 is 1.96 bits per heavy atom. The first-order valence-corrected chi connectivity index (χ1v) is 7.78. The van der Waals surface area contributed by atoms with Crippen molar-refractivity contribution in [1.82, 2.24) is 10.3 Å². The summed E-state index contributed by atoms with van der Waals surface area (Å²) in [6.07, 6.45) is -0.690. The van der Waals surface area contributed by atoms with Gasteiger partial charge in [-0.05, 0) is 25.1 Å². The summed E-state index contributed by atoms with van der Waals surface area (Å²) in [5, 5.41) is 15.0. The number of H-pyrrole nitrogens is 1. The third-order valence-corrected chi connectivity index (χ3v) is 3.86. The number of aliphatic hydroxyl groups is 1. The molecule has 5 heteroatoms. The number of halogens is 1. The third kappa shape index (κ3) is 3.46. The van der Waals surface area contributed by atoms with Crippen LogP contribution in [0.2, 0.25) is 0 Å². The van der Waals surface area contributed by atoms with E-state index < -0.39 is 12.8 Å². The molecule has 3 aromatic rings. The predicted molar refractivity (Wildman–Crippen MR) is 90.7 cm³/mol. The minimum Gasteiger partial charge on any atom is -0.490 e. The molecule has 0 radical (unpaired) electrons. The van der Waals surface area contributed by atoms with Crippen LogP contribution in [0.3, 0.4) is 0 Å². The maximum Gasteiger partial charge on any atom is 0.129 e.